The third kappa shape index (κ3) is 5.09. The van der Waals surface area contributed by atoms with Gasteiger partial charge in [0, 0.05) is 35.7 Å². The summed E-state index contributed by atoms with van der Waals surface area (Å²) < 4.78 is 11.3. The molecule has 2 aromatic rings. The van der Waals surface area contributed by atoms with Gasteiger partial charge < -0.3 is 14.8 Å². The van der Waals surface area contributed by atoms with Gasteiger partial charge in [0.1, 0.15) is 11.7 Å². The van der Waals surface area contributed by atoms with Crippen molar-refractivity contribution in [3.05, 3.63) is 89.3 Å². The van der Waals surface area contributed by atoms with Crippen LogP contribution in [0.1, 0.15) is 50.7 Å². The molecule has 2 unspecified atom stereocenters. The summed E-state index contributed by atoms with van der Waals surface area (Å²) in [5, 5.41) is 3.31. The molecule has 0 aromatic heterocycles. The van der Waals surface area contributed by atoms with Crippen LogP contribution in [0, 0.1) is 11.3 Å². The van der Waals surface area contributed by atoms with Crippen LogP contribution in [0.2, 0.25) is 0 Å². The van der Waals surface area contributed by atoms with Gasteiger partial charge in [-0.1, -0.05) is 62.9 Å². The molecule has 4 rings (SSSR count). The van der Waals surface area contributed by atoms with Crippen molar-refractivity contribution in [2.24, 2.45) is 11.3 Å². The number of ketones is 1. The normalized spacial score (nSPS) is 21.5. The summed E-state index contributed by atoms with van der Waals surface area (Å²) in [4.78, 5) is 26.7. The van der Waals surface area contributed by atoms with E-state index >= 15 is 0 Å². The first-order valence-electron chi connectivity index (χ1n) is 11.9. The average molecular weight is 460 g/mol. The lowest BCUT2D eigenvalue weighted by Crippen LogP contribution is -2.43. The lowest BCUT2D eigenvalue weighted by molar-refractivity contribution is -0.147. The van der Waals surface area contributed by atoms with Crippen molar-refractivity contribution < 1.29 is 19.1 Å². The van der Waals surface area contributed by atoms with E-state index in [1.165, 1.54) is 0 Å². The van der Waals surface area contributed by atoms with Crippen LogP contribution in [0.25, 0.3) is 0 Å². The summed E-state index contributed by atoms with van der Waals surface area (Å²) in [6.07, 6.45) is 1.81. The summed E-state index contributed by atoms with van der Waals surface area (Å²) >= 11 is 0. The molecule has 1 N–H and O–H groups in total. The highest BCUT2D eigenvalue weighted by atomic mass is 16.5. The maximum Gasteiger partial charge on any atom is 0.315 e. The molecule has 0 saturated carbocycles. The van der Waals surface area contributed by atoms with Gasteiger partial charge >= 0.3 is 5.97 Å². The Morgan fingerprint density at radius 3 is 2.47 bits per heavy atom. The van der Waals surface area contributed by atoms with E-state index in [9.17, 15) is 9.59 Å². The molecule has 0 spiro atoms. The van der Waals surface area contributed by atoms with E-state index in [1.54, 1.807) is 0 Å². The standard InChI is InChI=1S/C29H33NO4/c1-5-33-22-13-11-21(12-14-22)26-25(28(32)34-16-15-20-9-7-6-8-10-20)19(2)30-23-17-29(3,4)18-24(31)27(23)26/h6-14,25-26,30H,2,5,15-18H2,1,3-4H3. The zero-order valence-electron chi connectivity index (χ0n) is 20.2. The molecule has 5 heteroatoms. The first-order chi connectivity index (χ1) is 16.3. The predicted octanol–water partition coefficient (Wildman–Crippen LogP) is 5.33. The van der Waals surface area contributed by atoms with Crippen molar-refractivity contribution in [3.63, 3.8) is 0 Å². The Kier molecular flexibility index (Phi) is 6.92. The second-order valence-corrected chi connectivity index (χ2v) is 9.84. The molecule has 178 valence electrons. The maximum atomic E-state index is 13.4. The Bertz CT molecular complexity index is 1100. The highest BCUT2D eigenvalue weighted by molar-refractivity contribution is 6.00. The van der Waals surface area contributed by atoms with Crippen LogP contribution in [0.4, 0.5) is 0 Å². The van der Waals surface area contributed by atoms with Gasteiger partial charge in [0.15, 0.2) is 5.78 Å². The highest BCUT2D eigenvalue weighted by Gasteiger charge is 2.46. The van der Waals surface area contributed by atoms with Gasteiger partial charge in [-0.15, -0.1) is 0 Å². The van der Waals surface area contributed by atoms with E-state index in [2.05, 4.69) is 25.7 Å². The summed E-state index contributed by atoms with van der Waals surface area (Å²) in [7, 11) is 0. The van der Waals surface area contributed by atoms with Crippen LogP contribution in [-0.2, 0) is 20.7 Å². The number of hydrogen-bond acceptors (Lipinski definition) is 5. The molecule has 5 nitrogen and oxygen atoms in total. The van der Waals surface area contributed by atoms with Crippen molar-refractivity contribution in [1.82, 2.24) is 5.32 Å². The van der Waals surface area contributed by atoms with Gasteiger partial charge in [-0.2, -0.15) is 0 Å². The number of rotatable bonds is 7. The zero-order chi connectivity index (χ0) is 24.3. The van der Waals surface area contributed by atoms with E-state index in [-0.39, 0.29) is 23.8 Å². The number of nitrogens with one attached hydrogen (secondary N) is 1. The van der Waals surface area contributed by atoms with Crippen molar-refractivity contribution in [2.45, 2.75) is 46.0 Å². The first kappa shape index (κ1) is 23.8. The molecule has 0 saturated heterocycles. The Morgan fingerprint density at radius 2 is 1.79 bits per heavy atom. The zero-order valence-corrected chi connectivity index (χ0v) is 20.2. The Morgan fingerprint density at radius 1 is 1.09 bits per heavy atom. The van der Waals surface area contributed by atoms with Gasteiger partial charge in [0.25, 0.3) is 0 Å². The van der Waals surface area contributed by atoms with E-state index in [0.29, 0.717) is 30.7 Å². The minimum absolute atomic E-state index is 0.0761. The van der Waals surface area contributed by atoms with E-state index < -0.39 is 11.8 Å². The van der Waals surface area contributed by atoms with Gasteiger partial charge in [0.2, 0.25) is 0 Å². The summed E-state index contributed by atoms with van der Waals surface area (Å²) in [5.41, 5.74) is 3.98. The fourth-order valence-electron chi connectivity index (χ4n) is 5.03. The minimum atomic E-state index is -0.683. The van der Waals surface area contributed by atoms with Crippen molar-refractivity contribution in [3.8, 4) is 5.75 Å². The van der Waals surface area contributed by atoms with Gasteiger partial charge in [-0.3, -0.25) is 9.59 Å². The summed E-state index contributed by atoms with van der Waals surface area (Å²) in [6.45, 7) is 11.2. The summed E-state index contributed by atoms with van der Waals surface area (Å²) in [5.74, 6) is -0.653. The van der Waals surface area contributed by atoms with Gasteiger partial charge in [-0.25, -0.2) is 0 Å². The van der Waals surface area contributed by atoms with Crippen molar-refractivity contribution in [2.75, 3.05) is 13.2 Å². The molecule has 2 aliphatic rings. The number of esters is 1. The molecule has 2 atom stereocenters. The Labute approximate surface area is 201 Å². The molecule has 2 aromatic carbocycles. The van der Waals surface area contributed by atoms with Crippen molar-refractivity contribution in [1.29, 1.82) is 0 Å². The fraction of sp³-hybridized carbons (Fsp3) is 0.379. The van der Waals surface area contributed by atoms with Gasteiger partial charge in [0.05, 0.1) is 13.2 Å². The molecule has 0 bridgehead atoms. The van der Waals surface area contributed by atoms with Crippen molar-refractivity contribution >= 4 is 11.8 Å². The molecule has 34 heavy (non-hydrogen) atoms. The Balaban J connectivity index is 1.65. The van der Waals surface area contributed by atoms with E-state index in [1.807, 2.05) is 61.5 Å². The monoisotopic (exact) mass is 459 g/mol. The maximum absolute atomic E-state index is 13.4. The third-order valence-electron chi connectivity index (χ3n) is 6.53. The largest absolute Gasteiger partial charge is 0.494 e. The number of ether oxygens (including phenoxy) is 2. The average Bonchev–Trinajstić information content (AvgIpc) is 2.78. The van der Waals surface area contributed by atoms with E-state index in [4.69, 9.17) is 9.47 Å². The fourth-order valence-corrected chi connectivity index (χ4v) is 5.03. The SMILES string of the molecule is C=C1NC2=C(C(=O)CC(C)(C)C2)C(c2ccc(OCC)cc2)C1C(=O)OCCc1ccccc1. The molecule has 1 aliphatic heterocycles. The third-order valence-corrected chi connectivity index (χ3v) is 6.53. The lowest BCUT2D eigenvalue weighted by atomic mass is 9.66. The molecule has 0 radical (unpaired) electrons. The first-order valence-corrected chi connectivity index (χ1v) is 11.9. The van der Waals surface area contributed by atoms with E-state index in [0.717, 1.165) is 29.0 Å². The molecule has 1 aliphatic carbocycles. The molecular formula is C29H33NO4. The number of benzene rings is 2. The Hall–Kier alpha value is -3.34. The smallest absolute Gasteiger partial charge is 0.315 e. The minimum Gasteiger partial charge on any atom is -0.494 e. The second kappa shape index (κ2) is 9.88. The number of carbonyl (C=O) groups excluding carboxylic acids is 2. The molecule has 0 fully saturated rings. The second-order valence-electron chi connectivity index (χ2n) is 9.84. The quantitative estimate of drug-likeness (QED) is 0.567. The number of hydrogen-bond donors (Lipinski definition) is 1. The number of Topliss-reactive ketones (excluding diaryl/α,β-unsaturated/α-hetero) is 1. The molecule has 0 amide bonds. The topological polar surface area (TPSA) is 64.6 Å². The highest BCUT2D eigenvalue weighted by Crippen LogP contribution is 2.48. The lowest BCUT2D eigenvalue weighted by Gasteiger charge is -2.42. The number of carbonyl (C=O) groups is 2. The number of allylic oxidation sites excluding steroid dienone is 2. The van der Waals surface area contributed by atoms with Crippen LogP contribution in [0.3, 0.4) is 0 Å². The van der Waals surface area contributed by atoms with Crippen LogP contribution in [0.15, 0.2) is 78.1 Å². The summed E-state index contributed by atoms with van der Waals surface area (Å²) in [6, 6.07) is 17.6. The van der Waals surface area contributed by atoms with Crippen LogP contribution >= 0.6 is 0 Å². The molecular weight excluding hydrogens is 426 g/mol. The van der Waals surface area contributed by atoms with Gasteiger partial charge in [-0.05, 0) is 42.0 Å². The van der Waals surface area contributed by atoms with Crippen LogP contribution in [0.5, 0.6) is 5.75 Å². The predicted molar refractivity (Wildman–Crippen MR) is 132 cm³/mol. The molecule has 1 heterocycles. The van der Waals surface area contributed by atoms with Crippen LogP contribution < -0.4 is 10.1 Å². The van der Waals surface area contributed by atoms with Crippen LogP contribution in [-0.4, -0.2) is 25.0 Å².